The standard InChI is InChI=1S/C18H15NO3S/c19-17-15(18(20)21)10-16(23-17)13-6-8-14(9-7-13)22-11-12-4-2-1-3-5-12/h1-10H,11,19H2,(H,20,21). The van der Waals surface area contributed by atoms with Gasteiger partial charge in [-0.1, -0.05) is 30.3 Å². The highest BCUT2D eigenvalue weighted by molar-refractivity contribution is 7.19. The first-order chi connectivity index (χ1) is 11.1. The highest BCUT2D eigenvalue weighted by atomic mass is 32.1. The van der Waals surface area contributed by atoms with Crippen LogP contribution in [-0.2, 0) is 6.61 Å². The molecule has 0 amide bonds. The van der Waals surface area contributed by atoms with Gasteiger partial charge in [-0.25, -0.2) is 4.79 Å². The van der Waals surface area contributed by atoms with E-state index in [1.807, 2.05) is 54.6 Å². The lowest BCUT2D eigenvalue weighted by atomic mass is 10.1. The Labute approximate surface area is 137 Å². The van der Waals surface area contributed by atoms with Crippen molar-refractivity contribution < 1.29 is 14.6 Å². The van der Waals surface area contributed by atoms with Crippen LogP contribution < -0.4 is 10.5 Å². The van der Waals surface area contributed by atoms with Crippen LogP contribution in [0.4, 0.5) is 5.00 Å². The molecule has 0 bridgehead atoms. The zero-order valence-corrected chi connectivity index (χ0v) is 13.0. The summed E-state index contributed by atoms with van der Waals surface area (Å²) in [5.41, 5.74) is 7.91. The van der Waals surface area contributed by atoms with E-state index in [0.29, 0.717) is 11.6 Å². The lowest BCUT2D eigenvalue weighted by molar-refractivity contribution is 0.0698. The van der Waals surface area contributed by atoms with Crippen LogP contribution in [0, 0.1) is 0 Å². The molecule has 2 aromatic carbocycles. The maximum atomic E-state index is 11.0. The van der Waals surface area contributed by atoms with Crippen LogP contribution in [0.3, 0.4) is 0 Å². The molecule has 0 aliphatic heterocycles. The molecule has 0 aliphatic rings. The molecule has 0 atom stereocenters. The van der Waals surface area contributed by atoms with Crippen LogP contribution in [0.5, 0.6) is 5.75 Å². The lowest BCUT2D eigenvalue weighted by Crippen LogP contribution is -1.97. The molecule has 1 aromatic heterocycles. The Bertz CT molecular complexity index is 810. The van der Waals surface area contributed by atoms with E-state index in [9.17, 15) is 4.79 Å². The maximum Gasteiger partial charge on any atom is 0.338 e. The first kappa shape index (κ1) is 15.1. The van der Waals surface area contributed by atoms with Gasteiger partial charge in [0.05, 0.1) is 5.56 Å². The predicted octanol–water partition coefficient (Wildman–Crippen LogP) is 4.27. The van der Waals surface area contributed by atoms with Crippen molar-refractivity contribution in [1.82, 2.24) is 0 Å². The summed E-state index contributed by atoms with van der Waals surface area (Å²) >= 11 is 1.27. The quantitative estimate of drug-likeness (QED) is 0.734. The van der Waals surface area contributed by atoms with Gasteiger partial charge in [-0.2, -0.15) is 0 Å². The Morgan fingerprint density at radius 2 is 1.78 bits per heavy atom. The number of carboxylic acids is 1. The van der Waals surface area contributed by atoms with Crippen LogP contribution in [0.25, 0.3) is 10.4 Å². The van der Waals surface area contributed by atoms with Crippen molar-refractivity contribution >= 4 is 22.3 Å². The molecule has 4 nitrogen and oxygen atoms in total. The molecule has 1 heterocycles. The summed E-state index contributed by atoms with van der Waals surface area (Å²) < 4.78 is 5.73. The smallest absolute Gasteiger partial charge is 0.338 e. The van der Waals surface area contributed by atoms with Gasteiger partial charge in [0.1, 0.15) is 17.4 Å². The number of anilines is 1. The Morgan fingerprint density at radius 3 is 2.39 bits per heavy atom. The lowest BCUT2D eigenvalue weighted by Gasteiger charge is -2.06. The fourth-order valence-electron chi connectivity index (χ4n) is 2.17. The molecule has 3 N–H and O–H groups in total. The molecule has 0 radical (unpaired) electrons. The maximum absolute atomic E-state index is 11.0. The minimum atomic E-state index is -1.01. The molecule has 5 heteroatoms. The number of hydrogen-bond acceptors (Lipinski definition) is 4. The molecule has 0 aliphatic carbocycles. The third kappa shape index (κ3) is 3.52. The van der Waals surface area contributed by atoms with Crippen LogP contribution in [0.15, 0.2) is 60.7 Å². The number of hydrogen-bond donors (Lipinski definition) is 2. The summed E-state index contributed by atoms with van der Waals surface area (Å²) in [5, 5.41) is 9.37. The molecule has 0 saturated heterocycles. The van der Waals surface area contributed by atoms with Crippen molar-refractivity contribution in [2.45, 2.75) is 6.61 Å². The third-order valence-electron chi connectivity index (χ3n) is 3.38. The minimum absolute atomic E-state index is 0.148. The first-order valence-corrected chi connectivity index (χ1v) is 7.85. The number of nitrogens with two attached hydrogens (primary N) is 1. The van der Waals surface area contributed by atoms with Gasteiger partial charge in [-0.15, -0.1) is 11.3 Å². The van der Waals surface area contributed by atoms with Crippen LogP contribution >= 0.6 is 11.3 Å². The van der Waals surface area contributed by atoms with E-state index in [-0.39, 0.29) is 5.56 Å². The van der Waals surface area contributed by atoms with E-state index >= 15 is 0 Å². The number of aromatic carboxylic acids is 1. The van der Waals surface area contributed by atoms with E-state index in [1.165, 1.54) is 11.3 Å². The topological polar surface area (TPSA) is 72.5 Å². The SMILES string of the molecule is Nc1sc(-c2ccc(OCc3ccccc3)cc2)cc1C(=O)O. The summed E-state index contributed by atoms with van der Waals surface area (Å²) in [6.45, 7) is 0.509. The highest BCUT2D eigenvalue weighted by Gasteiger charge is 2.13. The fraction of sp³-hybridized carbons (Fsp3) is 0.0556. The van der Waals surface area contributed by atoms with E-state index in [4.69, 9.17) is 15.6 Å². The van der Waals surface area contributed by atoms with Crippen molar-refractivity contribution in [3.8, 4) is 16.2 Å². The molecule has 0 fully saturated rings. The van der Waals surface area contributed by atoms with Gasteiger partial charge < -0.3 is 15.6 Å². The second-order valence-electron chi connectivity index (χ2n) is 4.99. The van der Waals surface area contributed by atoms with Crippen LogP contribution in [0.2, 0.25) is 0 Å². The third-order valence-corrected chi connectivity index (χ3v) is 4.39. The second-order valence-corrected chi connectivity index (χ2v) is 6.08. The number of ether oxygens (including phenoxy) is 1. The van der Waals surface area contributed by atoms with Crippen molar-refractivity contribution in [2.75, 3.05) is 5.73 Å². The number of rotatable bonds is 5. The molecular weight excluding hydrogens is 310 g/mol. The van der Waals surface area contributed by atoms with Gasteiger partial charge in [-0.05, 0) is 41.5 Å². The van der Waals surface area contributed by atoms with Crippen molar-refractivity contribution in [2.24, 2.45) is 0 Å². The largest absolute Gasteiger partial charge is 0.489 e. The Morgan fingerprint density at radius 1 is 1.09 bits per heavy atom. The Balaban J connectivity index is 1.72. The van der Waals surface area contributed by atoms with E-state index in [0.717, 1.165) is 21.8 Å². The molecule has 3 aromatic rings. The predicted molar refractivity (Wildman–Crippen MR) is 91.9 cm³/mol. The van der Waals surface area contributed by atoms with Gasteiger partial charge in [0.15, 0.2) is 0 Å². The van der Waals surface area contributed by atoms with E-state index < -0.39 is 5.97 Å². The number of carbonyl (C=O) groups is 1. The van der Waals surface area contributed by atoms with Crippen LogP contribution in [-0.4, -0.2) is 11.1 Å². The Kier molecular flexibility index (Phi) is 4.30. The summed E-state index contributed by atoms with van der Waals surface area (Å²) in [6, 6.07) is 19.1. The molecule has 0 spiro atoms. The van der Waals surface area contributed by atoms with Gasteiger partial charge in [0.25, 0.3) is 0 Å². The summed E-state index contributed by atoms with van der Waals surface area (Å²) in [5.74, 6) is -0.242. The highest BCUT2D eigenvalue weighted by Crippen LogP contribution is 2.34. The summed E-state index contributed by atoms with van der Waals surface area (Å²) in [6.07, 6.45) is 0. The summed E-state index contributed by atoms with van der Waals surface area (Å²) in [4.78, 5) is 11.9. The Hall–Kier alpha value is -2.79. The molecule has 0 unspecified atom stereocenters. The number of nitrogen functional groups attached to an aromatic ring is 1. The molecular formula is C18H15NO3S. The van der Waals surface area contributed by atoms with Gasteiger partial charge in [0, 0.05) is 4.88 Å². The number of benzene rings is 2. The number of carboxylic acid groups (broad SMARTS) is 1. The van der Waals surface area contributed by atoms with E-state index in [2.05, 4.69) is 0 Å². The zero-order valence-electron chi connectivity index (χ0n) is 12.2. The van der Waals surface area contributed by atoms with Crippen molar-refractivity contribution in [3.05, 3.63) is 71.8 Å². The summed E-state index contributed by atoms with van der Waals surface area (Å²) in [7, 11) is 0. The molecule has 23 heavy (non-hydrogen) atoms. The van der Waals surface area contributed by atoms with Gasteiger partial charge in [-0.3, -0.25) is 0 Å². The van der Waals surface area contributed by atoms with E-state index in [1.54, 1.807) is 6.07 Å². The van der Waals surface area contributed by atoms with Crippen molar-refractivity contribution in [3.63, 3.8) is 0 Å². The van der Waals surface area contributed by atoms with Crippen molar-refractivity contribution in [1.29, 1.82) is 0 Å². The van der Waals surface area contributed by atoms with Gasteiger partial charge >= 0.3 is 5.97 Å². The van der Waals surface area contributed by atoms with Crippen LogP contribution in [0.1, 0.15) is 15.9 Å². The molecule has 0 saturated carbocycles. The molecule has 3 rings (SSSR count). The normalized spacial score (nSPS) is 10.4. The minimum Gasteiger partial charge on any atom is -0.489 e. The number of thiophene rings is 1. The second kappa shape index (κ2) is 6.54. The molecule has 116 valence electrons. The average molecular weight is 325 g/mol. The zero-order chi connectivity index (χ0) is 16.2. The van der Waals surface area contributed by atoms with Gasteiger partial charge in [0.2, 0.25) is 0 Å². The monoisotopic (exact) mass is 325 g/mol. The fourth-order valence-corrected chi connectivity index (χ4v) is 3.09. The first-order valence-electron chi connectivity index (χ1n) is 7.03. The average Bonchev–Trinajstić information content (AvgIpc) is 2.96.